The first-order valence-electron chi connectivity index (χ1n) is 23.8. The van der Waals surface area contributed by atoms with Gasteiger partial charge >= 0.3 is 11.9 Å². The van der Waals surface area contributed by atoms with E-state index >= 15 is 0 Å². The second-order valence-corrected chi connectivity index (χ2v) is 16.6. The van der Waals surface area contributed by atoms with Gasteiger partial charge < -0.3 is 39.4 Å². The van der Waals surface area contributed by atoms with E-state index in [1.807, 2.05) is 0 Å². The fraction of sp³-hybridized carbons (Fsp3) is 0.915. The van der Waals surface area contributed by atoms with Crippen LogP contribution in [0.3, 0.4) is 0 Å². The zero-order valence-electron chi connectivity index (χ0n) is 36.6. The Balaban J connectivity index is 2.27. The largest absolute Gasteiger partial charge is 0.462 e. The van der Waals surface area contributed by atoms with Gasteiger partial charge in [0.1, 0.15) is 31.0 Å². The van der Waals surface area contributed by atoms with Crippen molar-refractivity contribution >= 4 is 11.9 Å². The summed E-state index contributed by atoms with van der Waals surface area (Å²) in [6.07, 6.45) is 33.7. The molecule has 4 N–H and O–H groups in total. The van der Waals surface area contributed by atoms with E-state index in [-0.39, 0.29) is 32.0 Å². The first kappa shape index (κ1) is 53.5. The van der Waals surface area contributed by atoms with Gasteiger partial charge in [-0.05, 0) is 38.5 Å². The number of allylic oxidation sites excluding steroid dienone is 2. The van der Waals surface area contributed by atoms with Crippen molar-refractivity contribution in [3.05, 3.63) is 12.2 Å². The van der Waals surface area contributed by atoms with E-state index in [9.17, 15) is 30.0 Å². The molecule has 0 spiro atoms. The molecule has 2 unspecified atom stereocenters. The number of esters is 2. The van der Waals surface area contributed by atoms with Crippen LogP contribution in [0.1, 0.15) is 219 Å². The van der Waals surface area contributed by atoms with Gasteiger partial charge in [-0.25, -0.2) is 0 Å². The molecule has 1 heterocycles. The van der Waals surface area contributed by atoms with E-state index in [1.54, 1.807) is 0 Å². The highest BCUT2D eigenvalue weighted by atomic mass is 16.7. The number of hydrogen-bond donors (Lipinski definition) is 4. The van der Waals surface area contributed by atoms with Crippen LogP contribution in [0.15, 0.2) is 12.2 Å². The molecule has 0 aromatic heterocycles. The summed E-state index contributed by atoms with van der Waals surface area (Å²) in [5.41, 5.74) is 0. The molecule has 57 heavy (non-hydrogen) atoms. The maximum Gasteiger partial charge on any atom is 0.306 e. The van der Waals surface area contributed by atoms with E-state index in [0.29, 0.717) is 6.42 Å². The van der Waals surface area contributed by atoms with Crippen molar-refractivity contribution in [1.29, 1.82) is 0 Å². The number of aliphatic hydroxyl groups is 4. The van der Waals surface area contributed by atoms with Crippen LogP contribution in [0.4, 0.5) is 0 Å². The number of aliphatic hydroxyl groups excluding tert-OH is 4. The van der Waals surface area contributed by atoms with Gasteiger partial charge in [0.15, 0.2) is 12.4 Å². The molecule has 1 fully saturated rings. The molecule has 1 aliphatic rings. The molecule has 10 nitrogen and oxygen atoms in total. The van der Waals surface area contributed by atoms with E-state index < -0.39 is 49.4 Å². The Bertz CT molecular complexity index is 943. The zero-order valence-corrected chi connectivity index (χ0v) is 36.6. The number of carbonyl (C=O) groups excluding carboxylic acids is 2. The van der Waals surface area contributed by atoms with Crippen LogP contribution in [0.2, 0.25) is 0 Å². The minimum Gasteiger partial charge on any atom is -0.462 e. The normalized spacial score (nSPS) is 20.3. The molecule has 0 bridgehead atoms. The van der Waals surface area contributed by atoms with Crippen molar-refractivity contribution in [2.45, 2.75) is 256 Å². The van der Waals surface area contributed by atoms with Gasteiger partial charge in [0.25, 0.3) is 0 Å². The van der Waals surface area contributed by atoms with Crippen molar-refractivity contribution < 1.29 is 49.0 Å². The minimum atomic E-state index is -1.59. The third kappa shape index (κ3) is 30.2. The molecule has 10 heteroatoms. The van der Waals surface area contributed by atoms with E-state index in [4.69, 9.17) is 18.9 Å². The number of carbonyl (C=O) groups is 2. The Hall–Kier alpha value is -1.56. The molecule has 1 saturated heterocycles. The quantitative estimate of drug-likeness (QED) is 0.0267. The number of unbranched alkanes of at least 4 members (excludes halogenated alkanes) is 27. The maximum atomic E-state index is 12.7. The lowest BCUT2D eigenvalue weighted by atomic mass is 9.99. The molecule has 336 valence electrons. The molecular weight excluding hydrogens is 725 g/mol. The number of hydrogen-bond acceptors (Lipinski definition) is 10. The second-order valence-electron chi connectivity index (χ2n) is 16.6. The van der Waals surface area contributed by atoms with Gasteiger partial charge in [0.05, 0.1) is 13.2 Å². The van der Waals surface area contributed by atoms with Crippen LogP contribution in [0, 0.1) is 0 Å². The van der Waals surface area contributed by atoms with E-state index in [2.05, 4.69) is 26.0 Å². The molecule has 1 aliphatic heterocycles. The van der Waals surface area contributed by atoms with Gasteiger partial charge in [-0.15, -0.1) is 0 Å². The number of rotatable bonds is 40. The Morgan fingerprint density at radius 3 is 1.39 bits per heavy atom. The molecule has 0 saturated carbocycles. The number of ether oxygens (including phenoxy) is 4. The predicted molar refractivity (Wildman–Crippen MR) is 229 cm³/mol. The van der Waals surface area contributed by atoms with Crippen LogP contribution in [0.25, 0.3) is 0 Å². The lowest BCUT2D eigenvalue weighted by Crippen LogP contribution is -2.59. The van der Waals surface area contributed by atoms with Crippen molar-refractivity contribution in [2.24, 2.45) is 0 Å². The molecule has 6 atom stereocenters. The van der Waals surface area contributed by atoms with E-state index in [0.717, 1.165) is 44.9 Å². The Kier molecular flexibility index (Phi) is 36.2. The first-order chi connectivity index (χ1) is 27.8. The Labute approximate surface area is 348 Å². The summed E-state index contributed by atoms with van der Waals surface area (Å²) >= 11 is 0. The summed E-state index contributed by atoms with van der Waals surface area (Å²) in [5.74, 6) is -0.814. The smallest absolute Gasteiger partial charge is 0.306 e. The first-order valence-corrected chi connectivity index (χ1v) is 23.8. The maximum absolute atomic E-state index is 12.7. The Morgan fingerprint density at radius 1 is 0.526 bits per heavy atom. The lowest BCUT2D eigenvalue weighted by molar-refractivity contribution is -0.305. The highest BCUT2D eigenvalue weighted by molar-refractivity contribution is 5.70. The third-order valence-electron chi connectivity index (χ3n) is 11.2. The molecule has 0 radical (unpaired) electrons. The van der Waals surface area contributed by atoms with Crippen LogP contribution in [0.5, 0.6) is 0 Å². The summed E-state index contributed by atoms with van der Waals surface area (Å²) in [4.78, 5) is 25.3. The fourth-order valence-corrected chi connectivity index (χ4v) is 7.36. The van der Waals surface area contributed by atoms with Gasteiger partial charge in [0, 0.05) is 12.8 Å². The topological polar surface area (TPSA) is 152 Å². The highest BCUT2D eigenvalue weighted by Crippen LogP contribution is 2.23. The average molecular weight is 813 g/mol. The summed E-state index contributed by atoms with van der Waals surface area (Å²) in [7, 11) is 0. The summed E-state index contributed by atoms with van der Waals surface area (Å²) in [6, 6.07) is 0. The highest BCUT2D eigenvalue weighted by Gasteiger charge is 2.44. The van der Waals surface area contributed by atoms with Gasteiger partial charge in [-0.2, -0.15) is 0 Å². The monoisotopic (exact) mass is 813 g/mol. The average Bonchev–Trinajstić information content (AvgIpc) is 3.21. The fourth-order valence-electron chi connectivity index (χ4n) is 7.36. The van der Waals surface area contributed by atoms with Crippen LogP contribution in [-0.2, 0) is 28.5 Å². The molecule has 0 aromatic rings. The molecule has 0 aliphatic carbocycles. The minimum absolute atomic E-state index is 0.214. The van der Waals surface area contributed by atoms with Crippen molar-refractivity contribution in [3.63, 3.8) is 0 Å². The van der Waals surface area contributed by atoms with Gasteiger partial charge in [-0.1, -0.05) is 180 Å². The molecule has 0 amide bonds. The summed E-state index contributed by atoms with van der Waals surface area (Å²) < 4.78 is 22.2. The molecule has 1 rings (SSSR count). The lowest BCUT2D eigenvalue weighted by Gasteiger charge is -2.39. The zero-order chi connectivity index (χ0) is 41.6. The van der Waals surface area contributed by atoms with Crippen LogP contribution in [-0.4, -0.2) is 89.0 Å². The van der Waals surface area contributed by atoms with Crippen LogP contribution < -0.4 is 0 Å². The van der Waals surface area contributed by atoms with Gasteiger partial charge in [-0.3, -0.25) is 9.59 Å². The van der Waals surface area contributed by atoms with E-state index in [1.165, 1.54) is 141 Å². The standard InChI is InChI=1S/C47H88O10/c1-3-5-7-9-11-13-15-17-18-19-20-21-22-24-25-27-29-31-33-35-42(49)54-38-40(39-55-47-46(53)45(52)44(51)41(37-48)57-47)56-43(50)36-34-32-30-28-26-23-16-14-12-10-8-6-4-2/h23,26,40-41,44-48,51-53H,3-22,24-25,27-39H2,1-2H3/b26-23+/t40-,41-,44+,45?,46?,47-/m0/s1. The summed E-state index contributed by atoms with van der Waals surface area (Å²) in [5, 5.41) is 40.1. The molecule has 0 aromatic carbocycles. The second kappa shape index (κ2) is 38.6. The Morgan fingerprint density at radius 2 is 0.930 bits per heavy atom. The van der Waals surface area contributed by atoms with Crippen LogP contribution >= 0.6 is 0 Å². The van der Waals surface area contributed by atoms with Gasteiger partial charge in [0.2, 0.25) is 0 Å². The van der Waals surface area contributed by atoms with Crippen molar-refractivity contribution in [2.75, 3.05) is 19.8 Å². The predicted octanol–water partition coefficient (Wildman–Crippen LogP) is 10.3. The molecular formula is C47H88O10. The summed E-state index contributed by atoms with van der Waals surface area (Å²) in [6.45, 7) is 3.43. The SMILES string of the molecule is CCCCCCCC/C=C/CCCCCC(=O)O[C@@H](COC(=O)CCCCCCCCCCCCCCCCCCCCC)CO[C@H]1O[C@@H](CO)[C@@H](O)C(O)C1O. The third-order valence-corrected chi connectivity index (χ3v) is 11.2. The van der Waals surface area contributed by atoms with Crippen molar-refractivity contribution in [3.8, 4) is 0 Å². The van der Waals surface area contributed by atoms with Crippen molar-refractivity contribution in [1.82, 2.24) is 0 Å².